The minimum atomic E-state index is -0.466. The van der Waals surface area contributed by atoms with Crippen molar-refractivity contribution in [3.05, 3.63) is 53.6 Å². The molecule has 1 spiro atoms. The number of carbonyl (C=O) groups excluding carboxylic acids is 1. The van der Waals surface area contributed by atoms with Crippen LogP contribution in [0.5, 0.6) is 17.2 Å². The van der Waals surface area contributed by atoms with Gasteiger partial charge >= 0.3 is 0 Å². The Hall–Kier alpha value is -3.14. The van der Waals surface area contributed by atoms with Crippen molar-refractivity contribution in [3.63, 3.8) is 0 Å². The highest BCUT2D eigenvalue weighted by atomic mass is 16.7. The second kappa shape index (κ2) is 10.5. The Morgan fingerprint density at radius 3 is 2.28 bits per heavy atom. The predicted molar refractivity (Wildman–Crippen MR) is 134 cm³/mol. The molecule has 3 heterocycles. The maximum atomic E-state index is 13.6. The topological polar surface area (TPSA) is 82.1 Å². The molecule has 1 amide bonds. The number of nitrogens with zero attached hydrogens (tertiary/aromatic N) is 3. The molecule has 1 atom stereocenters. The van der Waals surface area contributed by atoms with Gasteiger partial charge in [-0.3, -0.25) is 9.69 Å². The molecule has 0 saturated carbocycles. The molecule has 9 heteroatoms. The number of rotatable bonds is 7. The van der Waals surface area contributed by atoms with E-state index in [-0.39, 0.29) is 18.5 Å². The van der Waals surface area contributed by atoms with Crippen molar-refractivity contribution in [1.82, 2.24) is 9.91 Å². The van der Waals surface area contributed by atoms with E-state index in [1.807, 2.05) is 42.5 Å². The molecule has 2 aromatic rings. The summed E-state index contributed by atoms with van der Waals surface area (Å²) in [6.45, 7) is 3.04. The fourth-order valence-electron chi connectivity index (χ4n) is 5.14. The fraction of sp³-hybridized carbons (Fsp3) is 0.481. The molecule has 192 valence electrons. The smallest absolute Gasteiger partial charge is 0.257 e. The third kappa shape index (κ3) is 4.91. The highest BCUT2D eigenvalue weighted by molar-refractivity contribution is 6.03. The number of carbonyl (C=O) groups is 1. The van der Waals surface area contributed by atoms with Crippen molar-refractivity contribution in [1.29, 1.82) is 0 Å². The first-order valence-electron chi connectivity index (χ1n) is 12.3. The molecular formula is C27H33N3O6. The van der Waals surface area contributed by atoms with Crippen LogP contribution in [0, 0.1) is 0 Å². The van der Waals surface area contributed by atoms with Crippen LogP contribution in [0.4, 0.5) is 0 Å². The van der Waals surface area contributed by atoms with Crippen molar-refractivity contribution in [2.24, 2.45) is 5.10 Å². The van der Waals surface area contributed by atoms with E-state index in [9.17, 15) is 4.79 Å². The van der Waals surface area contributed by atoms with Gasteiger partial charge in [0.15, 0.2) is 5.79 Å². The summed E-state index contributed by atoms with van der Waals surface area (Å²) in [6.07, 6.45) is 2.10. The zero-order valence-corrected chi connectivity index (χ0v) is 21.1. The van der Waals surface area contributed by atoms with Crippen LogP contribution in [0.2, 0.25) is 0 Å². The minimum Gasteiger partial charge on any atom is -0.497 e. The highest BCUT2D eigenvalue weighted by Crippen LogP contribution is 2.39. The first kappa shape index (κ1) is 24.5. The maximum Gasteiger partial charge on any atom is 0.257 e. The van der Waals surface area contributed by atoms with E-state index in [1.165, 1.54) is 0 Å². The molecule has 0 N–H and O–H groups in total. The minimum absolute atomic E-state index is 0.0504. The second-order valence-electron chi connectivity index (χ2n) is 9.23. The van der Waals surface area contributed by atoms with Crippen LogP contribution in [0.3, 0.4) is 0 Å². The van der Waals surface area contributed by atoms with Gasteiger partial charge in [-0.1, -0.05) is 0 Å². The zero-order valence-electron chi connectivity index (χ0n) is 21.1. The van der Waals surface area contributed by atoms with Crippen molar-refractivity contribution in [3.8, 4) is 17.2 Å². The number of amides is 1. The van der Waals surface area contributed by atoms with Crippen LogP contribution in [0.1, 0.15) is 36.4 Å². The third-order valence-corrected chi connectivity index (χ3v) is 7.18. The molecule has 2 saturated heterocycles. The average Bonchev–Trinajstić information content (AvgIpc) is 3.57. The predicted octanol–water partition coefficient (Wildman–Crippen LogP) is 3.23. The lowest BCUT2D eigenvalue weighted by molar-refractivity contribution is -0.186. The summed E-state index contributed by atoms with van der Waals surface area (Å²) >= 11 is 0. The molecule has 0 unspecified atom stereocenters. The first-order valence-corrected chi connectivity index (χ1v) is 12.3. The Labute approximate surface area is 211 Å². The Balaban J connectivity index is 1.38. The van der Waals surface area contributed by atoms with E-state index in [4.69, 9.17) is 28.8 Å². The van der Waals surface area contributed by atoms with E-state index in [0.717, 1.165) is 48.5 Å². The summed E-state index contributed by atoms with van der Waals surface area (Å²) in [6, 6.07) is 13.2. The lowest BCUT2D eigenvalue weighted by Crippen LogP contribution is -2.48. The number of methoxy groups -OCH3 is 3. The molecule has 0 bridgehead atoms. The summed E-state index contributed by atoms with van der Waals surface area (Å²) < 4.78 is 28.0. The van der Waals surface area contributed by atoms with E-state index in [2.05, 4.69) is 4.90 Å². The quantitative estimate of drug-likeness (QED) is 0.583. The monoisotopic (exact) mass is 495 g/mol. The highest BCUT2D eigenvalue weighted by Gasteiger charge is 2.41. The van der Waals surface area contributed by atoms with Gasteiger partial charge in [0.2, 0.25) is 0 Å². The van der Waals surface area contributed by atoms with Crippen molar-refractivity contribution < 1.29 is 28.5 Å². The summed E-state index contributed by atoms with van der Waals surface area (Å²) in [5.41, 5.74) is 2.70. The molecule has 36 heavy (non-hydrogen) atoms. The standard InChI is InChI=1S/C27H33N3O6/c1-32-20-6-4-19(5-7-20)23-17-24(22-9-8-21(33-2)16-25(22)34-3)30(28-23)26(31)18-29-12-10-27(11-13-29)35-14-15-36-27/h4-9,16,24H,10-15,17-18H2,1-3H3/t24-/m1/s1. The Morgan fingerprint density at radius 2 is 1.64 bits per heavy atom. The Morgan fingerprint density at radius 1 is 0.972 bits per heavy atom. The van der Waals surface area contributed by atoms with Crippen molar-refractivity contribution >= 4 is 11.6 Å². The Bertz CT molecular complexity index is 1100. The lowest BCUT2D eigenvalue weighted by atomic mass is 9.97. The van der Waals surface area contributed by atoms with E-state index >= 15 is 0 Å². The lowest BCUT2D eigenvalue weighted by Gasteiger charge is -2.37. The van der Waals surface area contributed by atoms with E-state index in [0.29, 0.717) is 31.1 Å². The zero-order chi connectivity index (χ0) is 25.1. The average molecular weight is 496 g/mol. The van der Waals surface area contributed by atoms with E-state index < -0.39 is 5.79 Å². The third-order valence-electron chi connectivity index (χ3n) is 7.18. The van der Waals surface area contributed by atoms with Gasteiger partial charge in [0.25, 0.3) is 5.91 Å². The van der Waals surface area contributed by atoms with Gasteiger partial charge in [0.1, 0.15) is 17.2 Å². The second-order valence-corrected chi connectivity index (χ2v) is 9.23. The maximum absolute atomic E-state index is 13.6. The van der Waals surface area contributed by atoms with Crippen molar-refractivity contribution in [2.45, 2.75) is 31.1 Å². The normalized spacial score (nSPS) is 21.5. The van der Waals surface area contributed by atoms with Crippen LogP contribution >= 0.6 is 0 Å². The number of hydrazone groups is 1. The van der Waals surface area contributed by atoms with E-state index in [1.54, 1.807) is 26.3 Å². The van der Waals surface area contributed by atoms with Gasteiger partial charge in [-0.25, -0.2) is 5.01 Å². The van der Waals surface area contributed by atoms with Crippen LogP contribution in [0.25, 0.3) is 0 Å². The fourth-order valence-corrected chi connectivity index (χ4v) is 5.14. The number of benzene rings is 2. The molecule has 2 aromatic carbocycles. The van der Waals surface area contributed by atoms with Gasteiger partial charge in [0, 0.05) is 44.0 Å². The summed E-state index contributed by atoms with van der Waals surface area (Å²) in [5, 5.41) is 6.44. The van der Waals surface area contributed by atoms with Gasteiger partial charge in [-0.05, 0) is 42.0 Å². The summed E-state index contributed by atoms with van der Waals surface area (Å²) in [5.74, 6) is 1.62. The molecule has 3 aliphatic rings. The summed E-state index contributed by atoms with van der Waals surface area (Å²) in [4.78, 5) is 15.8. The summed E-state index contributed by atoms with van der Waals surface area (Å²) in [7, 11) is 4.89. The van der Waals surface area contributed by atoms with Gasteiger partial charge in [-0.2, -0.15) is 5.10 Å². The molecule has 3 aliphatic heterocycles. The number of piperidine rings is 1. The van der Waals surface area contributed by atoms with Gasteiger partial charge in [-0.15, -0.1) is 0 Å². The molecule has 0 aliphatic carbocycles. The number of ether oxygens (including phenoxy) is 5. The molecule has 5 rings (SSSR count). The number of likely N-dealkylation sites (tertiary alicyclic amines) is 1. The first-order chi connectivity index (χ1) is 17.5. The Kier molecular flexibility index (Phi) is 7.13. The molecular weight excluding hydrogens is 462 g/mol. The number of hydrogen-bond donors (Lipinski definition) is 0. The van der Waals surface area contributed by atoms with Crippen molar-refractivity contribution in [2.75, 3.05) is 54.2 Å². The van der Waals surface area contributed by atoms with Crippen LogP contribution in [0.15, 0.2) is 47.6 Å². The molecule has 0 radical (unpaired) electrons. The van der Waals surface area contributed by atoms with Crippen LogP contribution < -0.4 is 14.2 Å². The largest absolute Gasteiger partial charge is 0.497 e. The number of hydrogen-bond acceptors (Lipinski definition) is 8. The molecule has 9 nitrogen and oxygen atoms in total. The van der Waals surface area contributed by atoms with Gasteiger partial charge < -0.3 is 23.7 Å². The van der Waals surface area contributed by atoms with Crippen LogP contribution in [-0.2, 0) is 14.3 Å². The SMILES string of the molecule is COc1ccc(C2=NN(C(=O)CN3CCC4(CC3)OCCO4)[C@@H](c3ccc(OC)cc3OC)C2)cc1. The van der Waals surface area contributed by atoms with Crippen LogP contribution in [-0.4, -0.2) is 81.5 Å². The molecule has 2 fully saturated rings. The van der Waals surface area contributed by atoms with Gasteiger partial charge in [0.05, 0.1) is 52.8 Å². The molecule has 0 aromatic heterocycles.